The largest absolute Gasteiger partial charge is 0.307 e. The Morgan fingerprint density at radius 2 is 1.80 bits per heavy atom. The summed E-state index contributed by atoms with van der Waals surface area (Å²) >= 11 is 0. The highest BCUT2D eigenvalue weighted by atomic mass is 16.1. The lowest BCUT2D eigenvalue weighted by molar-refractivity contribution is 1.07. The molecule has 76 valence electrons. The second-order valence-corrected chi connectivity index (χ2v) is 3.60. The molecule has 0 fully saturated rings. The SMILES string of the molecule is Cc1ccc(-c2nc(C)cc(=O)[nH]2)cc1. The number of nitrogens with one attached hydrogen (secondary N) is 1. The molecule has 1 heterocycles. The van der Waals surface area contributed by atoms with E-state index < -0.39 is 0 Å². The first-order valence-electron chi connectivity index (χ1n) is 4.80. The summed E-state index contributed by atoms with van der Waals surface area (Å²) in [5.41, 5.74) is 2.74. The quantitative estimate of drug-likeness (QED) is 0.765. The van der Waals surface area contributed by atoms with Crippen LogP contribution in [0, 0.1) is 13.8 Å². The van der Waals surface area contributed by atoms with Crippen LogP contribution >= 0.6 is 0 Å². The third-order valence-electron chi connectivity index (χ3n) is 2.19. The maximum Gasteiger partial charge on any atom is 0.251 e. The Morgan fingerprint density at radius 1 is 1.13 bits per heavy atom. The fraction of sp³-hybridized carbons (Fsp3) is 0.167. The van der Waals surface area contributed by atoms with Crippen molar-refractivity contribution >= 4 is 0 Å². The first-order valence-corrected chi connectivity index (χ1v) is 4.80. The van der Waals surface area contributed by atoms with Crippen LogP contribution in [-0.4, -0.2) is 9.97 Å². The van der Waals surface area contributed by atoms with Crippen LogP contribution in [0.3, 0.4) is 0 Å². The molecular formula is C12H12N2O. The normalized spacial score (nSPS) is 10.3. The van der Waals surface area contributed by atoms with Gasteiger partial charge in [0.1, 0.15) is 5.82 Å². The average molecular weight is 200 g/mol. The van der Waals surface area contributed by atoms with Crippen molar-refractivity contribution in [3.8, 4) is 11.4 Å². The number of aryl methyl sites for hydroxylation is 2. The molecule has 3 nitrogen and oxygen atoms in total. The van der Waals surface area contributed by atoms with Crippen molar-refractivity contribution in [2.45, 2.75) is 13.8 Å². The molecule has 1 aromatic heterocycles. The zero-order valence-corrected chi connectivity index (χ0v) is 8.74. The summed E-state index contributed by atoms with van der Waals surface area (Å²) < 4.78 is 0. The first kappa shape index (κ1) is 9.65. The molecule has 2 rings (SSSR count). The van der Waals surface area contributed by atoms with Crippen LogP contribution in [0.2, 0.25) is 0 Å². The van der Waals surface area contributed by atoms with Crippen LogP contribution in [0.1, 0.15) is 11.3 Å². The number of aromatic amines is 1. The molecule has 3 heteroatoms. The third kappa shape index (κ3) is 2.13. The summed E-state index contributed by atoms with van der Waals surface area (Å²) in [4.78, 5) is 18.3. The standard InChI is InChI=1S/C12H12N2O/c1-8-3-5-10(6-4-8)12-13-9(2)7-11(15)14-12/h3-7H,1-2H3,(H,13,14,15). The van der Waals surface area contributed by atoms with Gasteiger partial charge in [0.25, 0.3) is 5.56 Å². The lowest BCUT2D eigenvalue weighted by atomic mass is 10.1. The Hall–Kier alpha value is -1.90. The van der Waals surface area contributed by atoms with Crippen LogP contribution in [0.25, 0.3) is 11.4 Å². The van der Waals surface area contributed by atoms with Gasteiger partial charge in [-0.25, -0.2) is 4.98 Å². The first-order chi connectivity index (χ1) is 7.15. The molecule has 0 amide bonds. The number of H-pyrrole nitrogens is 1. The van der Waals surface area contributed by atoms with Crippen LogP contribution in [0.5, 0.6) is 0 Å². The zero-order chi connectivity index (χ0) is 10.8. The van der Waals surface area contributed by atoms with Crippen molar-refractivity contribution in [1.82, 2.24) is 9.97 Å². The second kappa shape index (κ2) is 3.69. The molecule has 0 radical (unpaired) electrons. The molecule has 0 saturated heterocycles. The van der Waals surface area contributed by atoms with Gasteiger partial charge in [-0.1, -0.05) is 29.8 Å². The van der Waals surface area contributed by atoms with Gasteiger partial charge < -0.3 is 4.98 Å². The highest BCUT2D eigenvalue weighted by molar-refractivity contribution is 5.55. The summed E-state index contributed by atoms with van der Waals surface area (Å²) in [6.07, 6.45) is 0. The molecule has 2 aromatic rings. The van der Waals surface area contributed by atoms with Crippen LogP contribution in [0.15, 0.2) is 35.1 Å². The van der Waals surface area contributed by atoms with Gasteiger partial charge in [0, 0.05) is 17.3 Å². The van der Waals surface area contributed by atoms with Gasteiger partial charge in [-0.05, 0) is 13.8 Å². The van der Waals surface area contributed by atoms with Crippen molar-refractivity contribution in [3.63, 3.8) is 0 Å². The van der Waals surface area contributed by atoms with E-state index in [0.717, 1.165) is 11.3 Å². The predicted molar refractivity (Wildman–Crippen MR) is 59.8 cm³/mol. The molecular weight excluding hydrogens is 188 g/mol. The van der Waals surface area contributed by atoms with Crippen molar-refractivity contribution in [2.75, 3.05) is 0 Å². The maximum atomic E-state index is 11.3. The Bertz CT molecular complexity index is 526. The number of hydrogen-bond donors (Lipinski definition) is 1. The fourth-order valence-electron chi connectivity index (χ4n) is 1.43. The van der Waals surface area contributed by atoms with Gasteiger partial charge >= 0.3 is 0 Å². The maximum absolute atomic E-state index is 11.3. The monoisotopic (exact) mass is 200 g/mol. The smallest absolute Gasteiger partial charge is 0.251 e. The topological polar surface area (TPSA) is 45.8 Å². The summed E-state index contributed by atoms with van der Waals surface area (Å²) in [6.45, 7) is 3.84. The van der Waals surface area contributed by atoms with E-state index in [4.69, 9.17) is 0 Å². The average Bonchev–Trinajstić information content (AvgIpc) is 2.17. The molecule has 0 aliphatic rings. The number of nitrogens with zero attached hydrogens (tertiary/aromatic N) is 1. The van der Waals surface area contributed by atoms with E-state index in [-0.39, 0.29) is 5.56 Å². The molecule has 0 saturated carbocycles. The van der Waals surface area contributed by atoms with Gasteiger partial charge in [-0.15, -0.1) is 0 Å². The highest BCUT2D eigenvalue weighted by Gasteiger charge is 2.00. The number of aromatic nitrogens is 2. The van der Waals surface area contributed by atoms with E-state index in [1.54, 1.807) is 0 Å². The fourth-order valence-corrected chi connectivity index (χ4v) is 1.43. The van der Waals surface area contributed by atoms with Gasteiger partial charge in [0.2, 0.25) is 0 Å². The van der Waals surface area contributed by atoms with E-state index in [1.807, 2.05) is 38.1 Å². The van der Waals surface area contributed by atoms with Gasteiger partial charge in [0.15, 0.2) is 0 Å². The Balaban J connectivity index is 2.54. The lowest BCUT2D eigenvalue weighted by Gasteiger charge is -2.01. The van der Waals surface area contributed by atoms with E-state index >= 15 is 0 Å². The molecule has 15 heavy (non-hydrogen) atoms. The number of hydrogen-bond acceptors (Lipinski definition) is 2. The molecule has 0 aliphatic carbocycles. The minimum Gasteiger partial charge on any atom is -0.307 e. The molecule has 1 aromatic carbocycles. The highest BCUT2D eigenvalue weighted by Crippen LogP contribution is 2.13. The summed E-state index contributed by atoms with van der Waals surface area (Å²) in [7, 11) is 0. The van der Waals surface area contributed by atoms with E-state index in [2.05, 4.69) is 9.97 Å². The van der Waals surface area contributed by atoms with Crippen molar-refractivity contribution in [1.29, 1.82) is 0 Å². The van der Waals surface area contributed by atoms with E-state index in [1.165, 1.54) is 11.6 Å². The van der Waals surface area contributed by atoms with Crippen LogP contribution in [-0.2, 0) is 0 Å². The van der Waals surface area contributed by atoms with E-state index in [9.17, 15) is 4.79 Å². The Labute approximate surface area is 87.8 Å². The van der Waals surface area contributed by atoms with Crippen LogP contribution < -0.4 is 5.56 Å². The van der Waals surface area contributed by atoms with Gasteiger partial charge in [0.05, 0.1) is 0 Å². The van der Waals surface area contributed by atoms with Gasteiger partial charge in [-0.2, -0.15) is 0 Å². The minimum absolute atomic E-state index is 0.113. The number of rotatable bonds is 1. The van der Waals surface area contributed by atoms with Gasteiger partial charge in [-0.3, -0.25) is 4.79 Å². The Morgan fingerprint density at radius 3 is 2.40 bits per heavy atom. The zero-order valence-electron chi connectivity index (χ0n) is 8.74. The third-order valence-corrected chi connectivity index (χ3v) is 2.19. The predicted octanol–water partition coefficient (Wildman–Crippen LogP) is 2.05. The number of benzene rings is 1. The Kier molecular flexibility index (Phi) is 2.37. The van der Waals surface area contributed by atoms with Crippen molar-refractivity contribution in [3.05, 3.63) is 51.9 Å². The minimum atomic E-state index is -0.113. The van der Waals surface area contributed by atoms with E-state index in [0.29, 0.717) is 5.82 Å². The lowest BCUT2D eigenvalue weighted by Crippen LogP contribution is -2.08. The molecule has 0 aliphatic heterocycles. The molecule has 0 atom stereocenters. The summed E-state index contributed by atoms with van der Waals surface area (Å²) in [5.74, 6) is 0.625. The molecule has 1 N–H and O–H groups in total. The second-order valence-electron chi connectivity index (χ2n) is 3.60. The molecule has 0 spiro atoms. The molecule has 0 unspecified atom stereocenters. The molecule has 0 bridgehead atoms. The summed E-state index contributed by atoms with van der Waals surface area (Å²) in [5, 5.41) is 0. The van der Waals surface area contributed by atoms with Crippen molar-refractivity contribution in [2.24, 2.45) is 0 Å². The van der Waals surface area contributed by atoms with Crippen molar-refractivity contribution < 1.29 is 0 Å². The summed E-state index contributed by atoms with van der Waals surface area (Å²) in [6, 6.07) is 9.38. The van der Waals surface area contributed by atoms with Crippen LogP contribution in [0.4, 0.5) is 0 Å².